The minimum Gasteiger partial charge on any atom is -0.481 e. The number of piperidine rings is 1. The summed E-state index contributed by atoms with van der Waals surface area (Å²) in [6.07, 6.45) is 3.89. The predicted octanol–water partition coefficient (Wildman–Crippen LogP) is 2.86. The number of nitriles is 1. The average molecular weight is 451 g/mol. The van der Waals surface area contributed by atoms with Gasteiger partial charge < -0.3 is 15.4 Å². The number of amides is 1. The number of ether oxygens (including phenoxy) is 1. The molecule has 1 aliphatic heterocycles. The number of likely N-dealkylation sites (tertiary alicyclic amines) is 1. The molecular formula is C24H27FN6O2. The third kappa shape index (κ3) is 5.54. The number of nitrogens with two attached hydrogens (primary N) is 1. The van der Waals surface area contributed by atoms with Gasteiger partial charge in [-0.15, -0.1) is 0 Å². The number of methoxy groups -OCH3 is 1. The number of aliphatic imine (C=N–C) groups is 1. The van der Waals surface area contributed by atoms with Crippen molar-refractivity contribution >= 4 is 23.6 Å². The molecule has 2 aromatic rings. The number of nitrogens with zero attached hydrogens (tertiary/aromatic N) is 5. The van der Waals surface area contributed by atoms with Gasteiger partial charge >= 0.3 is 0 Å². The van der Waals surface area contributed by atoms with Crippen molar-refractivity contribution in [3.63, 3.8) is 0 Å². The van der Waals surface area contributed by atoms with E-state index in [0.29, 0.717) is 42.6 Å². The Labute approximate surface area is 192 Å². The Kier molecular flexibility index (Phi) is 7.74. The van der Waals surface area contributed by atoms with E-state index in [2.05, 4.69) is 4.98 Å². The van der Waals surface area contributed by atoms with Crippen molar-refractivity contribution in [3.05, 3.63) is 59.0 Å². The van der Waals surface area contributed by atoms with Crippen LogP contribution in [-0.2, 0) is 4.79 Å². The molecule has 33 heavy (non-hydrogen) atoms. The summed E-state index contributed by atoms with van der Waals surface area (Å²) in [5.74, 6) is 0.266. The SMILES string of the molecule is COc1ccc(/C(C)=C(/N=C(\N(C)C=O)N2CCC(N)CC2)c2ccc(C#N)c(F)c2)cn1. The Morgan fingerprint density at radius 2 is 2.03 bits per heavy atom. The van der Waals surface area contributed by atoms with Gasteiger partial charge in [-0.2, -0.15) is 5.26 Å². The highest BCUT2D eigenvalue weighted by Crippen LogP contribution is 2.29. The minimum atomic E-state index is -0.641. The second kappa shape index (κ2) is 10.7. The second-order valence-corrected chi connectivity index (χ2v) is 7.82. The second-order valence-electron chi connectivity index (χ2n) is 7.82. The molecule has 9 heteroatoms. The maximum Gasteiger partial charge on any atom is 0.216 e. The van der Waals surface area contributed by atoms with E-state index in [-0.39, 0.29) is 11.6 Å². The van der Waals surface area contributed by atoms with E-state index in [9.17, 15) is 9.18 Å². The summed E-state index contributed by atoms with van der Waals surface area (Å²) in [5.41, 5.74) is 8.41. The van der Waals surface area contributed by atoms with Gasteiger partial charge in [0.25, 0.3) is 0 Å². The molecule has 3 rings (SSSR count). The van der Waals surface area contributed by atoms with Gasteiger partial charge in [-0.3, -0.25) is 9.69 Å². The first-order chi connectivity index (χ1) is 15.9. The minimum absolute atomic E-state index is 0.0545. The Morgan fingerprint density at radius 1 is 1.33 bits per heavy atom. The molecule has 1 aromatic carbocycles. The van der Waals surface area contributed by atoms with Crippen LogP contribution < -0.4 is 10.5 Å². The maximum absolute atomic E-state index is 14.5. The van der Waals surface area contributed by atoms with Gasteiger partial charge in [0.15, 0.2) is 0 Å². The largest absolute Gasteiger partial charge is 0.481 e. The van der Waals surface area contributed by atoms with Crippen LogP contribution in [0.4, 0.5) is 4.39 Å². The molecule has 172 valence electrons. The van der Waals surface area contributed by atoms with Crippen LogP contribution in [0, 0.1) is 17.1 Å². The van der Waals surface area contributed by atoms with Gasteiger partial charge in [-0.25, -0.2) is 14.4 Å². The highest BCUT2D eigenvalue weighted by Gasteiger charge is 2.23. The number of aromatic nitrogens is 1. The van der Waals surface area contributed by atoms with E-state index in [1.165, 1.54) is 24.1 Å². The zero-order valence-corrected chi connectivity index (χ0v) is 19.0. The Hall–Kier alpha value is -3.77. The molecule has 0 aliphatic carbocycles. The molecule has 0 unspecified atom stereocenters. The monoisotopic (exact) mass is 450 g/mol. The van der Waals surface area contributed by atoms with Gasteiger partial charge in [0, 0.05) is 44.0 Å². The number of halogens is 1. The lowest BCUT2D eigenvalue weighted by Crippen LogP contribution is -2.48. The zero-order chi connectivity index (χ0) is 24.0. The number of rotatable bonds is 5. The fourth-order valence-corrected chi connectivity index (χ4v) is 3.60. The third-order valence-corrected chi connectivity index (χ3v) is 5.60. The van der Waals surface area contributed by atoms with E-state index in [4.69, 9.17) is 20.7 Å². The highest BCUT2D eigenvalue weighted by atomic mass is 19.1. The van der Waals surface area contributed by atoms with Crippen molar-refractivity contribution in [1.29, 1.82) is 5.26 Å². The molecule has 0 atom stereocenters. The van der Waals surface area contributed by atoms with Gasteiger partial charge in [0.2, 0.25) is 18.2 Å². The molecule has 0 radical (unpaired) electrons. The fraction of sp³-hybridized carbons (Fsp3) is 0.333. The fourth-order valence-electron chi connectivity index (χ4n) is 3.60. The molecule has 1 amide bonds. The molecule has 2 heterocycles. The summed E-state index contributed by atoms with van der Waals surface area (Å²) in [6.45, 7) is 3.15. The predicted molar refractivity (Wildman–Crippen MR) is 124 cm³/mol. The molecular weight excluding hydrogens is 423 g/mol. The van der Waals surface area contributed by atoms with Crippen molar-refractivity contribution in [1.82, 2.24) is 14.8 Å². The van der Waals surface area contributed by atoms with Crippen molar-refractivity contribution in [2.24, 2.45) is 10.7 Å². The number of carbonyl (C=O) groups is 1. The molecule has 1 saturated heterocycles. The standard InChI is InChI=1S/C24H27FN6O2/c1-16(19-6-7-22(33-3)28-14-19)23(17-4-5-18(13-26)21(25)12-17)29-24(30(2)15-32)31-10-8-20(27)9-11-31/h4-7,12,14-15,20H,8-11,27H2,1-3H3/b23-16+,29-24+. The topological polar surface area (TPSA) is 108 Å². The molecule has 1 aliphatic rings. The van der Waals surface area contributed by atoms with Crippen LogP contribution in [0.1, 0.15) is 36.5 Å². The van der Waals surface area contributed by atoms with Gasteiger partial charge in [0.05, 0.1) is 18.4 Å². The molecule has 0 saturated carbocycles. The van der Waals surface area contributed by atoms with Gasteiger partial charge in [-0.1, -0.05) is 6.07 Å². The summed E-state index contributed by atoms with van der Waals surface area (Å²) < 4.78 is 19.7. The van der Waals surface area contributed by atoms with E-state index in [0.717, 1.165) is 24.0 Å². The van der Waals surface area contributed by atoms with Crippen LogP contribution in [0.5, 0.6) is 5.88 Å². The average Bonchev–Trinajstić information content (AvgIpc) is 2.84. The van der Waals surface area contributed by atoms with Crippen molar-refractivity contribution in [3.8, 4) is 11.9 Å². The Morgan fingerprint density at radius 3 is 2.58 bits per heavy atom. The number of guanidine groups is 1. The van der Waals surface area contributed by atoms with Crippen molar-refractivity contribution < 1.29 is 13.9 Å². The molecule has 0 spiro atoms. The third-order valence-electron chi connectivity index (χ3n) is 5.60. The lowest BCUT2D eigenvalue weighted by molar-refractivity contribution is -0.114. The number of allylic oxidation sites excluding steroid dienone is 1. The lowest BCUT2D eigenvalue weighted by atomic mass is 10.0. The molecule has 0 bridgehead atoms. The molecule has 1 fully saturated rings. The number of pyridine rings is 1. The summed E-state index contributed by atoms with van der Waals surface area (Å²) >= 11 is 0. The lowest BCUT2D eigenvalue weighted by Gasteiger charge is -2.34. The Bertz CT molecular complexity index is 1100. The van der Waals surface area contributed by atoms with Crippen molar-refractivity contribution in [2.45, 2.75) is 25.8 Å². The van der Waals surface area contributed by atoms with Crippen LogP contribution in [0.15, 0.2) is 41.5 Å². The normalized spacial score (nSPS) is 15.5. The van der Waals surface area contributed by atoms with Gasteiger partial charge in [-0.05, 0) is 49.1 Å². The van der Waals surface area contributed by atoms with Crippen LogP contribution >= 0.6 is 0 Å². The van der Waals surface area contributed by atoms with E-state index in [1.807, 2.05) is 24.0 Å². The van der Waals surface area contributed by atoms with Crippen LogP contribution in [-0.4, -0.2) is 60.4 Å². The summed E-state index contributed by atoms with van der Waals surface area (Å²) in [4.78, 5) is 24.2. The summed E-state index contributed by atoms with van der Waals surface area (Å²) in [6, 6.07) is 9.85. The highest BCUT2D eigenvalue weighted by molar-refractivity contribution is 5.98. The van der Waals surface area contributed by atoms with E-state index >= 15 is 0 Å². The molecule has 1 aromatic heterocycles. The number of hydrogen-bond acceptors (Lipinski definition) is 6. The smallest absolute Gasteiger partial charge is 0.216 e. The summed E-state index contributed by atoms with van der Waals surface area (Å²) in [5, 5.41) is 9.11. The van der Waals surface area contributed by atoms with Crippen LogP contribution in [0.2, 0.25) is 0 Å². The molecule has 2 N–H and O–H groups in total. The van der Waals surface area contributed by atoms with Crippen molar-refractivity contribution in [2.75, 3.05) is 27.2 Å². The van der Waals surface area contributed by atoms with Crippen LogP contribution in [0.3, 0.4) is 0 Å². The first kappa shape index (κ1) is 23.9. The Balaban J connectivity index is 2.18. The first-order valence-electron chi connectivity index (χ1n) is 10.6. The zero-order valence-electron chi connectivity index (χ0n) is 19.0. The van der Waals surface area contributed by atoms with Gasteiger partial charge in [0.1, 0.15) is 11.9 Å². The van der Waals surface area contributed by atoms with E-state index < -0.39 is 5.82 Å². The first-order valence-corrected chi connectivity index (χ1v) is 10.6. The summed E-state index contributed by atoms with van der Waals surface area (Å²) in [7, 11) is 3.16. The number of carbonyl (C=O) groups excluding carboxylic acids is 1. The quantitative estimate of drug-likeness (QED) is 0.426. The van der Waals surface area contributed by atoms with E-state index in [1.54, 1.807) is 25.4 Å². The van der Waals surface area contributed by atoms with Crippen LogP contribution in [0.25, 0.3) is 11.3 Å². The molecule has 8 nitrogen and oxygen atoms in total. The maximum atomic E-state index is 14.5. The number of benzene rings is 1. The number of hydrogen-bond donors (Lipinski definition) is 1.